The van der Waals surface area contributed by atoms with Crippen LogP contribution in [0.2, 0.25) is 0 Å². The van der Waals surface area contributed by atoms with Crippen molar-refractivity contribution in [1.29, 1.82) is 0 Å². The predicted octanol–water partition coefficient (Wildman–Crippen LogP) is 4.82. The van der Waals surface area contributed by atoms with Gasteiger partial charge in [-0.25, -0.2) is 4.79 Å². The fourth-order valence-corrected chi connectivity index (χ4v) is 2.49. The van der Waals surface area contributed by atoms with Crippen LogP contribution in [-0.2, 0) is 4.74 Å². The van der Waals surface area contributed by atoms with Crippen LogP contribution in [0.25, 0.3) is 12.2 Å². The van der Waals surface area contributed by atoms with E-state index in [4.69, 9.17) is 9.47 Å². The monoisotopic (exact) mass is 389 g/mol. The van der Waals surface area contributed by atoms with Gasteiger partial charge < -0.3 is 14.2 Å². The number of nitrogens with zero attached hydrogens (tertiary/aromatic N) is 1. The van der Waals surface area contributed by atoms with Crippen LogP contribution in [0.4, 0.5) is 8.78 Å². The zero-order chi connectivity index (χ0) is 19.9. The average Bonchev–Trinajstić information content (AvgIpc) is 3.50. The first-order valence-electron chi connectivity index (χ1n) is 9.08. The number of benzene rings is 1. The number of aromatic nitrogens is 1. The first-order valence-corrected chi connectivity index (χ1v) is 9.08. The number of esters is 1. The van der Waals surface area contributed by atoms with Gasteiger partial charge in [-0.05, 0) is 61.6 Å². The summed E-state index contributed by atoms with van der Waals surface area (Å²) in [5.74, 6) is 0.357. The van der Waals surface area contributed by atoms with Crippen molar-refractivity contribution in [2.24, 2.45) is 5.92 Å². The van der Waals surface area contributed by atoms with E-state index in [1.165, 1.54) is 12.3 Å². The lowest BCUT2D eigenvalue weighted by molar-refractivity contribution is -0.0515. The Morgan fingerprint density at radius 1 is 1.21 bits per heavy atom. The highest BCUT2D eigenvalue weighted by Crippen LogP contribution is 2.34. The molecule has 0 N–H and O–H groups in total. The first kappa shape index (κ1) is 19.8. The van der Waals surface area contributed by atoms with Crippen LogP contribution >= 0.6 is 0 Å². The summed E-state index contributed by atoms with van der Waals surface area (Å²) in [6.07, 6.45) is 7.18. The van der Waals surface area contributed by atoms with Gasteiger partial charge in [-0.1, -0.05) is 12.1 Å². The molecule has 2 aromatic rings. The summed E-state index contributed by atoms with van der Waals surface area (Å²) in [5, 5.41) is 0. The third-order valence-electron chi connectivity index (χ3n) is 4.09. The lowest BCUT2D eigenvalue weighted by Gasteiger charge is -2.12. The van der Waals surface area contributed by atoms with Gasteiger partial charge in [0.15, 0.2) is 11.5 Å². The van der Waals surface area contributed by atoms with E-state index < -0.39 is 12.6 Å². The molecule has 1 aromatic heterocycles. The van der Waals surface area contributed by atoms with E-state index in [1.807, 2.05) is 0 Å². The average molecular weight is 389 g/mol. The molecule has 0 saturated heterocycles. The summed E-state index contributed by atoms with van der Waals surface area (Å²) in [4.78, 5) is 16.0. The van der Waals surface area contributed by atoms with Gasteiger partial charge in [0.2, 0.25) is 0 Å². The van der Waals surface area contributed by atoms with Crippen LogP contribution in [0.15, 0.2) is 36.5 Å². The van der Waals surface area contributed by atoms with Gasteiger partial charge in [-0.2, -0.15) is 8.78 Å². The number of rotatable bonds is 9. The zero-order valence-electron chi connectivity index (χ0n) is 15.4. The van der Waals surface area contributed by atoms with E-state index in [2.05, 4.69) is 9.72 Å². The predicted molar refractivity (Wildman–Crippen MR) is 100 cm³/mol. The highest BCUT2D eigenvalue weighted by Gasteiger charge is 2.23. The van der Waals surface area contributed by atoms with E-state index in [-0.39, 0.29) is 11.5 Å². The molecule has 1 fully saturated rings. The van der Waals surface area contributed by atoms with Gasteiger partial charge in [0.1, 0.15) is 0 Å². The van der Waals surface area contributed by atoms with Crippen molar-refractivity contribution in [3.05, 3.63) is 53.3 Å². The number of hydrogen-bond acceptors (Lipinski definition) is 5. The van der Waals surface area contributed by atoms with E-state index in [0.29, 0.717) is 30.4 Å². The second-order valence-electron chi connectivity index (χ2n) is 6.36. The van der Waals surface area contributed by atoms with Crippen LogP contribution in [0.5, 0.6) is 11.5 Å². The van der Waals surface area contributed by atoms with Crippen molar-refractivity contribution in [2.45, 2.75) is 26.4 Å². The van der Waals surface area contributed by atoms with E-state index >= 15 is 0 Å². The third-order valence-corrected chi connectivity index (χ3v) is 4.09. The Balaban J connectivity index is 1.76. The van der Waals surface area contributed by atoms with Crippen molar-refractivity contribution >= 4 is 18.1 Å². The number of halogens is 2. The lowest BCUT2D eigenvalue weighted by atomic mass is 10.1. The Kier molecular flexibility index (Phi) is 6.57. The molecular formula is C21H21F2NO4. The second-order valence-corrected chi connectivity index (χ2v) is 6.36. The highest BCUT2D eigenvalue weighted by molar-refractivity contribution is 5.90. The Morgan fingerprint density at radius 3 is 2.75 bits per heavy atom. The molecule has 3 rings (SSSR count). The summed E-state index contributed by atoms with van der Waals surface area (Å²) in [6.45, 7) is -0.400. The molecule has 0 atom stereocenters. The summed E-state index contributed by atoms with van der Waals surface area (Å²) in [7, 11) is 0. The van der Waals surface area contributed by atoms with Gasteiger partial charge >= 0.3 is 12.6 Å². The summed E-state index contributed by atoms with van der Waals surface area (Å²) in [5.41, 5.74) is 1.71. The Labute approximate surface area is 161 Å². The van der Waals surface area contributed by atoms with Crippen LogP contribution in [-0.4, -0.2) is 30.8 Å². The summed E-state index contributed by atoms with van der Waals surface area (Å²) < 4.78 is 40.4. The van der Waals surface area contributed by atoms with Crippen LogP contribution in [0.1, 0.15) is 41.4 Å². The number of pyridine rings is 1. The van der Waals surface area contributed by atoms with Gasteiger partial charge in [0.05, 0.1) is 24.5 Å². The number of ether oxygens (including phenoxy) is 3. The fraction of sp³-hybridized carbons (Fsp3) is 0.333. The quantitative estimate of drug-likeness (QED) is 0.576. The summed E-state index contributed by atoms with van der Waals surface area (Å²) in [6, 6.07) is 7.94. The molecular weight excluding hydrogens is 368 g/mol. The molecule has 0 spiro atoms. The molecule has 28 heavy (non-hydrogen) atoms. The SMILES string of the molecule is CCOC(=O)c1ccnc(C=Cc2ccc(OC(F)F)c(OCC3CC3)c2)c1. The van der Waals surface area contributed by atoms with Crippen molar-refractivity contribution in [2.75, 3.05) is 13.2 Å². The van der Waals surface area contributed by atoms with Crippen molar-refractivity contribution in [3.63, 3.8) is 0 Å². The van der Waals surface area contributed by atoms with Crippen molar-refractivity contribution < 1.29 is 27.8 Å². The maximum absolute atomic E-state index is 12.6. The maximum atomic E-state index is 12.6. The number of carbonyl (C=O) groups excluding carboxylic acids is 1. The lowest BCUT2D eigenvalue weighted by Crippen LogP contribution is -2.06. The molecule has 0 aliphatic heterocycles. The first-order chi connectivity index (χ1) is 13.5. The number of alkyl halides is 2. The Hall–Kier alpha value is -2.96. The third kappa shape index (κ3) is 5.77. The molecule has 1 saturated carbocycles. The van der Waals surface area contributed by atoms with E-state index in [1.54, 1.807) is 43.3 Å². The smallest absolute Gasteiger partial charge is 0.387 e. The molecule has 0 bridgehead atoms. The van der Waals surface area contributed by atoms with Crippen LogP contribution in [0.3, 0.4) is 0 Å². The molecule has 1 aliphatic rings. The Bertz CT molecular complexity index is 850. The minimum Gasteiger partial charge on any atom is -0.489 e. The molecule has 0 radical (unpaired) electrons. The largest absolute Gasteiger partial charge is 0.489 e. The van der Waals surface area contributed by atoms with E-state index in [0.717, 1.165) is 18.4 Å². The molecule has 7 heteroatoms. The van der Waals surface area contributed by atoms with Gasteiger partial charge in [0.25, 0.3) is 0 Å². The second kappa shape index (κ2) is 9.30. The maximum Gasteiger partial charge on any atom is 0.387 e. The van der Waals surface area contributed by atoms with Crippen LogP contribution < -0.4 is 9.47 Å². The normalized spacial score (nSPS) is 13.7. The molecule has 5 nitrogen and oxygen atoms in total. The molecule has 1 aromatic carbocycles. The van der Waals surface area contributed by atoms with Gasteiger partial charge in [0, 0.05) is 6.20 Å². The van der Waals surface area contributed by atoms with Gasteiger partial charge in [-0.15, -0.1) is 0 Å². The van der Waals surface area contributed by atoms with Crippen molar-refractivity contribution in [3.8, 4) is 11.5 Å². The molecule has 0 unspecified atom stereocenters. The van der Waals surface area contributed by atoms with Crippen LogP contribution in [0, 0.1) is 5.92 Å². The molecule has 0 amide bonds. The highest BCUT2D eigenvalue weighted by atomic mass is 19.3. The minimum absolute atomic E-state index is 0.00948. The fourth-order valence-electron chi connectivity index (χ4n) is 2.49. The number of carbonyl (C=O) groups is 1. The zero-order valence-corrected chi connectivity index (χ0v) is 15.4. The topological polar surface area (TPSA) is 57.7 Å². The van der Waals surface area contributed by atoms with Crippen molar-refractivity contribution in [1.82, 2.24) is 4.98 Å². The molecule has 1 aliphatic carbocycles. The minimum atomic E-state index is -2.92. The number of hydrogen-bond donors (Lipinski definition) is 0. The van der Waals surface area contributed by atoms with Gasteiger partial charge in [-0.3, -0.25) is 4.98 Å². The van der Waals surface area contributed by atoms with E-state index in [9.17, 15) is 13.6 Å². The standard InChI is InChI=1S/C21H21F2NO4/c1-2-26-20(25)16-9-10-24-17(12-16)7-5-14-6-8-18(28-21(22)23)19(11-14)27-13-15-3-4-15/h5-12,15,21H,2-4,13H2,1H3. The summed E-state index contributed by atoms with van der Waals surface area (Å²) >= 11 is 0. The molecule has 148 valence electrons. The Morgan fingerprint density at radius 2 is 2.04 bits per heavy atom. The molecule has 1 heterocycles.